The van der Waals surface area contributed by atoms with E-state index < -0.39 is 23.2 Å². The maximum atomic E-state index is 14.9. The first-order valence-electron chi connectivity index (χ1n) is 14.2. The summed E-state index contributed by atoms with van der Waals surface area (Å²) in [6.07, 6.45) is 3.42. The summed E-state index contributed by atoms with van der Waals surface area (Å²) in [5, 5.41) is 13.3. The lowest BCUT2D eigenvalue weighted by Gasteiger charge is -2.37. The van der Waals surface area contributed by atoms with Gasteiger partial charge in [-0.15, -0.1) is 0 Å². The number of halogens is 2. The van der Waals surface area contributed by atoms with E-state index in [4.69, 9.17) is 19.6 Å². The Morgan fingerprint density at radius 3 is 2.51 bits per heavy atom. The molecule has 2 saturated heterocycles. The van der Waals surface area contributed by atoms with Crippen LogP contribution in [0.15, 0.2) is 67.3 Å². The molecule has 0 bridgehead atoms. The zero-order valence-electron chi connectivity index (χ0n) is 23.7. The number of piperazine rings is 1. The van der Waals surface area contributed by atoms with Gasteiger partial charge in [0.25, 0.3) is 0 Å². The number of aromatic nitrogens is 4. The molecule has 6 rings (SSSR count). The van der Waals surface area contributed by atoms with Crippen LogP contribution >= 0.6 is 0 Å². The largest absolute Gasteiger partial charge is 0.491 e. The van der Waals surface area contributed by atoms with E-state index in [0.29, 0.717) is 25.4 Å². The van der Waals surface area contributed by atoms with Crippen LogP contribution < -0.4 is 14.5 Å². The zero-order valence-corrected chi connectivity index (χ0v) is 23.7. The Labute approximate surface area is 247 Å². The van der Waals surface area contributed by atoms with E-state index >= 15 is 0 Å². The number of nitrogens with zero attached hydrogens (tertiary/aromatic N) is 6. The summed E-state index contributed by atoms with van der Waals surface area (Å²) in [5.41, 5.74) is 1.29. The fourth-order valence-electron chi connectivity index (χ4n) is 5.87. The van der Waals surface area contributed by atoms with Crippen LogP contribution in [0.25, 0.3) is 0 Å². The number of rotatable bonds is 9. The number of aryl methyl sites for hydroxylation is 1. The van der Waals surface area contributed by atoms with Crippen molar-refractivity contribution >= 4 is 17.5 Å². The van der Waals surface area contributed by atoms with Gasteiger partial charge >= 0.3 is 5.97 Å². The van der Waals surface area contributed by atoms with Gasteiger partial charge in [-0.3, -0.25) is 0 Å². The lowest BCUT2D eigenvalue weighted by Crippen LogP contribution is -2.46. The second-order valence-electron chi connectivity index (χ2n) is 11.0. The van der Waals surface area contributed by atoms with E-state index in [2.05, 4.69) is 19.9 Å². The molecule has 2 aromatic carbocycles. The van der Waals surface area contributed by atoms with Gasteiger partial charge in [0, 0.05) is 49.4 Å². The van der Waals surface area contributed by atoms with Crippen molar-refractivity contribution in [1.29, 1.82) is 0 Å². The van der Waals surface area contributed by atoms with Crippen molar-refractivity contribution in [3.05, 3.63) is 95.7 Å². The molecule has 2 aliphatic rings. The molecule has 12 heteroatoms. The van der Waals surface area contributed by atoms with Crippen LogP contribution in [0.4, 0.5) is 20.3 Å². The standard InChI is InChI=1S/C31H32F2N6O4/c1-21-28(8-9-29(36-21)38-12-10-37(11-13-38)25-5-2-23(3-6-25)30(40)41)42-16-22-15-31(43-17-22,18-39-20-34-19-35-39)26-7-4-24(32)14-27(26)33/h2-9,14,19-20,22H,10-13,15-18H2,1H3,(H,40,41)/t22-,31-/m0/s1. The number of anilines is 2. The van der Waals surface area contributed by atoms with Gasteiger partial charge in [-0.2, -0.15) is 5.10 Å². The summed E-state index contributed by atoms with van der Waals surface area (Å²) < 4.78 is 42.6. The van der Waals surface area contributed by atoms with Gasteiger partial charge in [0.1, 0.15) is 41.5 Å². The number of carboxylic acid groups (broad SMARTS) is 1. The van der Waals surface area contributed by atoms with Crippen LogP contribution in [-0.2, 0) is 16.9 Å². The number of ether oxygens (including phenoxy) is 2. The molecule has 2 atom stereocenters. The van der Waals surface area contributed by atoms with Crippen molar-refractivity contribution in [2.24, 2.45) is 5.92 Å². The Kier molecular flexibility index (Phi) is 7.94. The fourth-order valence-corrected chi connectivity index (χ4v) is 5.87. The minimum atomic E-state index is -1.03. The number of hydrogen-bond acceptors (Lipinski definition) is 8. The number of benzene rings is 2. The molecule has 0 radical (unpaired) electrons. The van der Waals surface area contributed by atoms with E-state index in [1.165, 1.54) is 18.5 Å². The second-order valence-corrected chi connectivity index (χ2v) is 11.0. The molecule has 4 aromatic rings. The summed E-state index contributed by atoms with van der Waals surface area (Å²) >= 11 is 0. The molecule has 1 N–H and O–H groups in total. The first-order valence-corrected chi connectivity index (χ1v) is 14.2. The molecule has 0 spiro atoms. The maximum Gasteiger partial charge on any atom is 0.335 e. The predicted molar refractivity (Wildman–Crippen MR) is 154 cm³/mol. The van der Waals surface area contributed by atoms with Crippen LogP contribution in [0, 0.1) is 24.5 Å². The van der Waals surface area contributed by atoms with Gasteiger partial charge in [-0.25, -0.2) is 28.2 Å². The molecule has 0 unspecified atom stereocenters. The molecular weight excluding hydrogens is 558 g/mol. The first kappa shape index (κ1) is 28.5. The summed E-state index contributed by atoms with van der Waals surface area (Å²) in [7, 11) is 0. The number of carboxylic acids is 1. The third kappa shape index (κ3) is 6.14. The van der Waals surface area contributed by atoms with Crippen molar-refractivity contribution in [1.82, 2.24) is 19.7 Å². The van der Waals surface area contributed by atoms with Gasteiger partial charge in [0.2, 0.25) is 0 Å². The van der Waals surface area contributed by atoms with E-state index in [0.717, 1.165) is 49.4 Å². The molecule has 224 valence electrons. The quantitative estimate of drug-likeness (QED) is 0.306. The Bertz CT molecular complexity index is 1580. The Balaban J connectivity index is 1.07. The average molecular weight is 591 g/mol. The molecule has 0 aliphatic carbocycles. The van der Waals surface area contributed by atoms with Crippen LogP contribution in [0.2, 0.25) is 0 Å². The summed E-state index contributed by atoms with van der Waals surface area (Å²) in [4.78, 5) is 24.4. The molecule has 4 heterocycles. The van der Waals surface area contributed by atoms with E-state index in [1.54, 1.807) is 23.1 Å². The van der Waals surface area contributed by atoms with E-state index in [-0.39, 0.29) is 23.6 Å². The molecular formula is C31H32F2N6O4. The van der Waals surface area contributed by atoms with Crippen molar-refractivity contribution in [3.8, 4) is 5.75 Å². The average Bonchev–Trinajstić information content (AvgIpc) is 3.67. The third-order valence-electron chi connectivity index (χ3n) is 8.10. The highest BCUT2D eigenvalue weighted by Crippen LogP contribution is 2.42. The topological polar surface area (TPSA) is 106 Å². The lowest BCUT2D eigenvalue weighted by atomic mass is 9.87. The van der Waals surface area contributed by atoms with Gasteiger partial charge < -0.3 is 24.4 Å². The molecule has 2 fully saturated rings. The van der Waals surface area contributed by atoms with Gasteiger partial charge in [-0.05, 0) is 55.8 Å². The summed E-state index contributed by atoms with van der Waals surface area (Å²) in [5.74, 6) is -0.732. The van der Waals surface area contributed by atoms with Gasteiger partial charge in [0.05, 0.1) is 31.0 Å². The Morgan fingerprint density at radius 1 is 1.07 bits per heavy atom. The van der Waals surface area contributed by atoms with E-state index in [9.17, 15) is 13.6 Å². The fraction of sp³-hybridized carbons (Fsp3) is 0.355. The number of pyridine rings is 1. The summed E-state index contributed by atoms with van der Waals surface area (Å²) in [6.45, 7) is 5.98. The highest BCUT2D eigenvalue weighted by molar-refractivity contribution is 5.88. The molecule has 0 saturated carbocycles. The summed E-state index contributed by atoms with van der Waals surface area (Å²) in [6, 6.07) is 14.4. The monoisotopic (exact) mass is 590 g/mol. The zero-order chi connectivity index (χ0) is 30.0. The van der Waals surface area contributed by atoms with Crippen LogP contribution in [-0.4, -0.2) is 70.2 Å². The molecule has 10 nitrogen and oxygen atoms in total. The normalized spacial score (nSPS) is 20.4. The molecule has 2 aliphatic heterocycles. The molecule has 0 amide bonds. The number of hydrogen-bond donors (Lipinski definition) is 1. The van der Waals surface area contributed by atoms with Gasteiger partial charge in [-0.1, -0.05) is 6.07 Å². The number of aromatic carboxylic acids is 1. The molecule has 43 heavy (non-hydrogen) atoms. The van der Waals surface area contributed by atoms with Gasteiger partial charge in [0.15, 0.2) is 0 Å². The molecule has 2 aromatic heterocycles. The minimum absolute atomic E-state index is 0.0373. The van der Waals surface area contributed by atoms with Crippen LogP contribution in [0.3, 0.4) is 0 Å². The highest BCUT2D eigenvalue weighted by atomic mass is 19.1. The second kappa shape index (κ2) is 12.0. The van der Waals surface area contributed by atoms with Crippen molar-refractivity contribution < 1.29 is 28.2 Å². The smallest absolute Gasteiger partial charge is 0.335 e. The van der Waals surface area contributed by atoms with Crippen LogP contribution in [0.5, 0.6) is 5.75 Å². The van der Waals surface area contributed by atoms with E-state index in [1.807, 2.05) is 31.2 Å². The first-order chi connectivity index (χ1) is 20.8. The van der Waals surface area contributed by atoms with Crippen LogP contribution in [0.1, 0.15) is 28.0 Å². The SMILES string of the molecule is Cc1nc(N2CCN(c3ccc(C(=O)O)cc3)CC2)ccc1OC[C@H]1CO[C@@](Cn2cncn2)(c2ccc(F)cc2F)C1. The van der Waals surface area contributed by atoms with Crippen molar-refractivity contribution in [2.45, 2.75) is 25.5 Å². The predicted octanol–water partition coefficient (Wildman–Crippen LogP) is 4.30. The minimum Gasteiger partial charge on any atom is -0.491 e. The highest BCUT2D eigenvalue weighted by Gasteiger charge is 2.44. The number of carbonyl (C=O) groups is 1. The lowest BCUT2D eigenvalue weighted by molar-refractivity contribution is -0.0206. The van der Waals surface area contributed by atoms with Crippen molar-refractivity contribution in [2.75, 3.05) is 49.2 Å². The Morgan fingerprint density at radius 2 is 1.84 bits per heavy atom. The maximum absolute atomic E-state index is 14.9. The third-order valence-corrected chi connectivity index (χ3v) is 8.10. The Hall–Kier alpha value is -4.58. The van der Waals surface area contributed by atoms with Crippen molar-refractivity contribution in [3.63, 3.8) is 0 Å².